The number of hydrogen-bond donors (Lipinski definition) is 0. The highest BCUT2D eigenvalue weighted by Crippen LogP contribution is 2.17. The molecule has 0 saturated carbocycles. The predicted molar refractivity (Wildman–Crippen MR) is 78.2 cm³/mol. The van der Waals surface area contributed by atoms with Gasteiger partial charge in [-0.05, 0) is 23.7 Å². The summed E-state index contributed by atoms with van der Waals surface area (Å²) in [4.78, 5) is 6.32. The first-order valence-corrected chi connectivity index (χ1v) is 8.82. The smallest absolute Gasteiger partial charge is 0.244 e. The fraction of sp³-hybridized carbons (Fsp3) is 0.417. The molecule has 0 N–H and O–H groups in total. The van der Waals surface area contributed by atoms with Crippen LogP contribution in [0.5, 0.6) is 0 Å². The molecule has 3 rings (SSSR count). The highest BCUT2D eigenvalue weighted by Gasteiger charge is 2.28. The molecule has 3 heterocycles. The fourth-order valence-corrected chi connectivity index (χ4v) is 4.09. The standard InChI is InChI=1S/C12H15N5O2S2/c18-21(19,12-2-1-3-13-8-12)17-6-4-16(5-7-17)9-11-10-20-15-14-11/h1-3,8,10H,4-7,9H2. The van der Waals surface area contributed by atoms with E-state index in [1.165, 1.54) is 22.0 Å². The molecule has 1 aliphatic heterocycles. The van der Waals surface area contributed by atoms with E-state index in [0.29, 0.717) is 26.2 Å². The van der Waals surface area contributed by atoms with Crippen LogP contribution in [0.1, 0.15) is 5.69 Å². The van der Waals surface area contributed by atoms with E-state index in [2.05, 4.69) is 19.5 Å². The molecule has 2 aromatic heterocycles. The lowest BCUT2D eigenvalue weighted by Gasteiger charge is -2.33. The monoisotopic (exact) mass is 325 g/mol. The van der Waals surface area contributed by atoms with Crippen molar-refractivity contribution >= 4 is 21.6 Å². The minimum Gasteiger partial charge on any atom is -0.295 e. The third-order valence-corrected chi connectivity index (χ3v) is 5.83. The zero-order valence-electron chi connectivity index (χ0n) is 11.3. The van der Waals surface area contributed by atoms with Crippen LogP contribution in [-0.2, 0) is 16.6 Å². The van der Waals surface area contributed by atoms with Crippen molar-refractivity contribution in [1.82, 2.24) is 23.8 Å². The molecule has 112 valence electrons. The Kier molecular flexibility index (Phi) is 4.24. The molecule has 21 heavy (non-hydrogen) atoms. The van der Waals surface area contributed by atoms with E-state index in [1.807, 2.05) is 5.38 Å². The second-order valence-corrected chi connectivity index (χ2v) is 7.31. The number of sulfonamides is 1. The van der Waals surface area contributed by atoms with Crippen molar-refractivity contribution in [3.63, 3.8) is 0 Å². The van der Waals surface area contributed by atoms with Crippen LogP contribution in [0.3, 0.4) is 0 Å². The van der Waals surface area contributed by atoms with Crippen LogP contribution in [0.25, 0.3) is 0 Å². The Morgan fingerprint density at radius 2 is 2.05 bits per heavy atom. The molecule has 0 atom stereocenters. The van der Waals surface area contributed by atoms with E-state index in [1.54, 1.807) is 18.3 Å². The van der Waals surface area contributed by atoms with Gasteiger partial charge in [-0.3, -0.25) is 9.88 Å². The van der Waals surface area contributed by atoms with Crippen LogP contribution in [0.4, 0.5) is 0 Å². The second-order valence-electron chi connectivity index (χ2n) is 4.77. The summed E-state index contributed by atoms with van der Waals surface area (Å²) >= 11 is 1.33. The molecule has 1 aliphatic rings. The Labute approximate surface area is 127 Å². The molecule has 0 radical (unpaired) electrons. The van der Waals surface area contributed by atoms with E-state index >= 15 is 0 Å². The summed E-state index contributed by atoms with van der Waals surface area (Å²) in [6.07, 6.45) is 2.96. The molecule has 0 aromatic carbocycles. The van der Waals surface area contributed by atoms with Crippen LogP contribution < -0.4 is 0 Å². The van der Waals surface area contributed by atoms with E-state index < -0.39 is 10.0 Å². The molecular weight excluding hydrogens is 310 g/mol. The second kappa shape index (κ2) is 6.14. The van der Waals surface area contributed by atoms with Gasteiger partial charge in [0.1, 0.15) is 4.90 Å². The largest absolute Gasteiger partial charge is 0.295 e. The predicted octanol–water partition coefficient (Wildman–Crippen LogP) is 0.440. The van der Waals surface area contributed by atoms with Gasteiger partial charge in [0.15, 0.2) is 0 Å². The van der Waals surface area contributed by atoms with E-state index in [4.69, 9.17) is 0 Å². The maximum Gasteiger partial charge on any atom is 0.244 e. The molecule has 0 unspecified atom stereocenters. The number of rotatable bonds is 4. The first-order chi connectivity index (χ1) is 10.2. The molecule has 7 nitrogen and oxygen atoms in total. The summed E-state index contributed by atoms with van der Waals surface area (Å²) < 4.78 is 30.3. The van der Waals surface area contributed by atoms with Gasteiger partial charge >= 0.3 is 0 Å². The van der Waals surface area contributed by atoms with Crippen LogP contribution in [0.2, 0.25) is 0 Å². The molecule has 0 spiro atoms. The van der Waals surface area contributed by atoms with Crippen molar-refractivity contribution in [2.24, 2.45) is 0 Å². The lowest BCUT2D eigenvalue weighted by atomic mass is 10.3. The SMILES string of the molecule is O=S(=O)(c1cccnc1)N1CCN(Cc2csnn2)CC1. The molecule has 0 bridgehead atoms. The number of nitrogens with zero attached hydrogens (tertiary/aromatic N) is 5. The van der Waals surface area contributed by atoms with Gasteiger partial charge in [0.2, 0.25) is 10.0 Å². The summed E-state index contributed by atoms with van der Waals surface area (Å²) in [7, 11) is -3.43. The number of pyridine rings is 1. The maximum absolute atomic E-state index is 12.5. The van der Waals surface area contributed by atoms with Crippen LogP contribution in [0, 0.1) is 0 Å². The van der Waals surface area contributed by atoms with E-state index in [0.717, 1.165) is 12.2 Å². The Morgan fingerprint density at radius 1 is 1.24 bits per heavy atom. The van der Waals surface area contributed by atoms with E-state index in [9.17, 15) is 8.42 Å². The summed E-state index contributed by atoms with van der Waals surface area (Å²) in [5.74, 6) is 0. The Balaban J connectivity index is 1.63. The lowest BCUT2D eigenvalue weighted by molar-refractivity contribution is 0.180. The zero-order chi connectivity index (χ0) is 14.7. The van der Waals surface area contributed by atoms with Gasteiger partial charge in [-0.25, -0.2) is 8.42 Å². The Hall–Kier alpha value is -1.42. The molecule has 1 fully saturated rings. The summed E-state index contributed by atoms with van der Waals surface area (Å²) in [5, 5.41) is 5.93. The maximum atomic E-state index is 12.5. The number of hydrogen-bond acceptors (Lipinski definition) is 7. The van der Waals surface area contributed by atoms with Gasteiger partial charge in [-0.1, -0.05) is 4.49 Å². The third-order valence-electron chi connectivity index (χ3n) is 3.39. The van der Waals surface area contributed by atoms with Gasteiger partial charge in [0.05, 0.1) is 5.69 Å². The van der Waals surface area contributed by atoms with Crippen molar-refractivity contribution in [1.29, 1.82) is 0 Å². The first kappa shape index (κ1) is 14.5. The third kappa shape index (κ3) is 3.26. The molecule has 1 saturated heterocycles. The highest BCUT2D eigenvalue weighted by molar-refractivity contribution is 7.89. The molecular formula is C12H15N5O2S2. The number of aromatic nitrogens is 3. The normalized spacial score (nSPS) is 17.9. The van der Waals surface area contributed by atoms with Gasteiger partial charge in [0.25, 0.3) is 0 Å². The topological polar surface area (TPSA) is 79.3 Å². The van der Waals surface area contributed by atoms with Gasteiger partial charge in [0, 0.05) is 50.5 Å². The number of piperazine rings is 1. The fourth-order valence-electron chi connectivity index (χ4n) is 2.26. The summed E-state index contributed by atoms with van der Waals surface area (Å²) in [5.41, 5.74) is 0.934. The Morgan fingerprint density at radius 3 is 2.67 bits per heavy atom. The molecule has 0 amide bonds. The minimum atomic E-state index is -3.43. The molecule has 2 aromatic rings. The molecule has 9 heteroatoms. The zero-order valence-corrected chi connectivity index (χ0v) is 12.9. The summed E-state index contributed by atoms with van der Waals surface area (Å²) in [6.45, 7) is 3.06. The average molecular weight is 325 g/mol. The first-order valence-electron chi connectivity index (χ1n) is 6.55. The van der Waals surface area contributed by atoms with Crippen molar-refractivity contribution in [2.75, 3.05) is 26.2 Å². The minimum absolute atomic E-state index is 0.252. The van der Waals surface area contributed by atoms with Gasteiger partial charge in [-0.15, -0.1) is 5.10 Å². The Bertz CT molecular complexity index is 667. The average Bonchev–Trinajstić information content (AvgIpc) is 3.02. The van der Waals surface area contributed by atoms with Gasteiger partial charge < -0.3 is 0 Å². The lowest BCUT2D eigenvalue weighted by Crippen LogP contribution is -2.48. The molecule has 0 aliphatic carbocycles. The highest BCUT2D eigenvalue weighted by atomic mass is 32.2. The van der Waals surface area contributed by atoms with Crippen LogP contribution >= 0.6 is 11.5 Å². The quantitative estimate of drug-likeness (QED) is 0.811. The van der Waals surface area contributed by atoms with Crippen molar-refractivity contribution in [2.45, 2.75) is 11.4 Å². The van der Waals surface area contributed by atoms with Crippen molar-refractivity contribution < 1.29 is 8.42 Å². The van der Waals surface area contributed by atoms with Crippen LogP contribution in [-0.4, -0.2) is 58.4 Å². The van der Waals surface area contributed by atoms with Crippen LogP contribution in [0.15, 0.2) is 34.8 Å². The van der Waals surface area contributed by atoms with Crippen molar-refractivity contribution in [3.05, 3.63) is 35.6 Å². The van der Waals surface area contributed by atoms with Gasteiger partial charge in [-0.2, -0.15) is 4.31 Å². The van der Waals surface area contributed by atoms with Crippen molar-refractivity contribution in [3.8, 4) is 0 Å². The summed E-state index contributed by atoms with van der Waals surface area (Å²) in [6, 6.07) is 3.22. The van der Waals surface area contributed by atoms with E-state index in [-0.39, 0.29) is 4.90 Å².